The SMILES string of the molecule is N=C(N=C(/C=C/Br)c1ccc(-c2ccccc2)cc1)c1ccccc1. The second-order valence-corrected chi connectivity index (χ2v) is 5.98. The van der Waals surface area contributed by atoms with Gasteiger partial charge in [0.15, 0.2) is 5.84 Å². The second-order valence-electron chi connectivity index (χ2n) is 5.45. The molecule has 0 saturated heterocycles. The van der Waals surface area contributed by atoms with Crippen LogP contribution >= 0.6 is 15.9 Å². The number of aliphatic imine (C=N–C) groups is 1. The quantitative estimate of drug-likeness (QED) is 0.415. The summed E-state index contributed by atoms with van der Waals surface area (Å²) in [6.45, 7) is 0. The zero-order chi connectivity index (χ0) is 17.5. The Labute approximate surface area is 156 Å². The number of hydrogen-bond acceptors (Lipinski definition) is 1. The maximum atomic E-state index is 8.23. The molecule has 0 saturated carbocycles. The highest BCUT2D eigenvalue weighted by atomic mass is 79.9. The van der Waals surface area contributed by atoms with Crippen molar-refractivity contribution >= 4 is 27.5 Å². The standard InChI is InChI=1S/C22H17BrN2/c23-16-15-21(25-22(24)20-9-5-2-6-10-20)19-13-11-18(12-14-19)17-7-3-1-4-8-17/h1-16,24H/b16-15+,24-22?,25-21?. The lowest BCUT2D eigenvalue weighted by atomic mass is 10.0. The zero-order valence-electron chi connectivity index (χ0n) is 13.6. The molecule has 0 spiro atoms. The number of rotatable bonds is 4. The van der Waals surface area contributed by atoms with E-state index in [-0.39, 0.29) is 5.84 Å². The molecule has 1 N–H and O–H groups in total. The summed E-state index contributed by atoms with van der Waals surface area (Å²) in [5.41, 5.74) is 4.84. The van der Waals surface area contributed by atoms with E-state index in [4.69, 9.17) is 5.41 Å². The van der Waals surface area contributed by atoms with Crippen molar-refractivity contribution in [2.45, 2.75) is 0 Å². The van der Waals surface area contributed by atoms with Gasteiger partial charge in [0.1, 0.15) is 0 Å². The van der Waals surface area contributed by atoms with E-state index in [1.165, 1.54) is 5.56 Å². The van der Waals surface area contributed by atoms with Crippen LogP contribution < -0.4 is 0 Å². The van der Waals surface area contributed by atoms with Crippen molar-refractivity contribution < 1.29 is 0 Å². The number of amidine groups is 1. The van der Waals surface area contributed by atoms with Gasteiger partial charge in [-0.1, -0.05) is 101 Å². The Bertz CT molecular complexity index is 896. The predicted molar refractivity (Wildman–Crippen MR) is 110 cm³/mol. The summed E-state index contributed by atoms with van der Waals surface area (Å²) in [6, 6.07) is 28.0. The maximum absolute atomic E-state index is 8.23. The van der Waals surface area contributed by atoms with Gasteiger partial charge in [0.25, 0.3) is 0 Å². The molecule has 25 heavy (non-hydrogen) atoms. The van der Waals surface area contributed by atoms with Gasteiger partial charge >= 0.3 is 0 Å². The highest BCUT2D eigenvalue weighted by molar-refractivity contribution is 9.11. The van der Waals surface area contributed by atoms with Crippen LogP contribution in [-0.2, 0) is 0 Å². The Balaban J connectivity index is 1.91. The Morgan fingerprint density at radius 1 is 0.720 bits per heavy atom. The second kappa shape index (κ2) is 8.36. The number of benzene rings is 3. The first-order valence-corrected chi connectivity index (χ1v) is 8.85. The summed E-state index contributed by atoms with van der Waals surface area (Å²) < 4.78 is 0. The van der Waals surface area contributed by atoms with E-state index in [2.05, 4.69) is 45.2 Å². The molecule has 3 aromatic carbocycles. The van der Waals surface area contributed by atoms with Gasteiger partial charge < -0.3 is 0 Å². The molecule has 0 atom stereocenters. The monoisotopic (exact) mass is 388 g/mol. The van der Waals surface area contributed by atoms with Gasteiger partial charge in [-0.3, -0.25) is 5.41 Å². The largest absolute Gasteiger partial charge is 0.282 e. The molecule has 0 unspecified atom stereocenters. The molecule has 0 aromatic heterocycles. The average molecular weight is 389 g/mol. The molecule has 122 valence electrons. The minimum absolute atomic E-state index is 0.244. The Morgan fingerprint density at radius 3 is 1.88 bits per heavy atom. The lowest BCUT2D eigenvalue weighted by Gasteiger charge is -2.06. The molecule has 0 aliphatic heterocycles. The van der Waals surface area contributed by atoms with Crippen molar-refractivity contribution in [2.75, 3.05) is 0 Å². The number of nitrogens with zero attached hydrogens (tertiary/aromatic N) is 1. The summed E-state index contributed by atoms with van der Waals surface area (Å²) in [7, 11) is 0. The van der Waals surface area contributed by atoms with E-state index in [9.17, 15) is 0 Å². The van der Waals surface area contributed by atoms with Crippen LogP contribution in [0, 0.1) is 5.41 Å². The topological polar surface area (TPSA) is 36.2 Å². The first-order chi connectivity index (χ1) is 12.3. The van der Waals surface area contributed by atoms with Crippen molar-refractivity contribution in [3.05, 3.63) is 107 Å². The third-order valence-corrected chi connectivity index (χ3v) is 4.05. The highest BCUT2D eigenvalue weighted by Crippen LogP contribution is 2.20. The van der Waals surface area contributed by atoms with Crippen molar-refractivity contribution in [3.63, 3.8) is 0 Å². The fourth-order valence-corrected chi connectivity index (χ4v) is 2.75. The molecule has 0 radical (unpaired) electrons. The summed E-state index contributed by atoms with van der Waals surface area (Å²) >= 11 is 3.31. The van der Waals surface area contributed by atoms with E-state index in [1.54, 1.807) is 4.99 Å². The molecule has 0 bridgehead atoms. The fourth-order valence-electron chi connectivity index (χ4n) is 2.50. The van der Waals surface area contributed by atoms with Crippen LogP contribution in [0.25, 0.3) is 11.1 Å². The van der Waals surface area contributed by atoms with Gasteiger partial charge in [0.2, 0.25) is 0 Å². The van der Waals surface area contributed by atoms with E-state index in [1.807, 2.05) is 66.7 Å². The Morgan fingerprint density at radius 2 is 1.28 bits per heavy atom. The fraction of sp³-hybridized carbons (Fsp3) is 0. The van der Waals surface area contributed by atoms with Crippen LogP contribution in [0.5, 0.6) is 0 Å². The molecule has 0 fully saturated rings. The zero-order valence-corrected chi connectivity index (χ0v) is 15.1. The molecule has 0 aliphatic rings. The molecular formula is C22H17BrN2. The van der Waals surface area contributed by atoms with Crippen LogP contribution in [0.15, 0.2) is 101 Å². The summed E-state index contributed by atoms with van der Waals surface area (Å²) in [4.78, 5) is 6.25. The number of hydrogen-bond donors (Lipinski definition) is 1. The average Bonchev–Trinajstić information content (AvgIpc) is 2.69. The molecular weight excluding hydrogens is 372 g/mol. The number of allylic oxidation sites excluding steroid dienone is 1. The lowest BCUT2D eigenvalue weighted by molar-refractivity contribution is 1.41. The first kappa shape index (κ1) is 17.1. The van der Waals surface area contributed by atoms with Crippen LogP contribution in [0.1, 0.15) is 11.1 Å². The smallest absolute Gasteiger partial charge is 0.152 e. The normalized spacial score (nSPS) is 11.6. The van der Waals surface area contributed by atoms with Crippen LogP contribution in [0.4, 0.5) is 0 Å². The van der Waals surface area contributed by atoms with Gasteiger partial charge in [-0.2, -0.15) is 0 Å². The van der Waals surface area contributed by atoms with Gasteiger partial charge in [0.05, 0.1) is 5.71 Å². The maximum Gasteiger partial charge on any atom is 0.152 e. The first-order valence-electron chi connectivity index (χ1n) is 7.93. The van der Waals surface area contributed by atoms with E-state index in [0.29, 0.717) is 0 Å². The molecule has 3 heteroatoms. The summed E-state index contributed by atoms with van der Waals surface area (Å²) in [6.07, 6.45) is 1.86. The Hall–Kier alpha value is -2.78. The van der Waals surface area contributed by atoms with E-state index >= 15 is 0 Å². The van der Waals surface area contributed by atoms with Gasteiger partial charge in [-0.05, 0) is 22.2 Å². The molecule has 0 heterocycles. The summed E-state index contributed by atoms with van der Waals surface area (Å²) in [5, 5.41) is 8.23. The molecule has 0 aliphatic carbocycles. The number of halogens is 1. The third-order valence-electron chi connectivity index (χ3n) is 3.79. The molecule has 3 rings (SSSR count). The van der Waals surface area contributed by atoms with E-state index < -0.39 is 0 Å². The third kappa shape index (κ3) is 4.40. The molecule has 3 aromatic rings. The van der Waals surface area contributed by atoms with Crippen molar-refractivity contribution in [1.82, 2.24) is 0 Å². The predicted octanol–water partition coefficient (Wildman–Crippen LogP) is 6.08. The minimum atomic E-state index is 0.244. The van der Waals surface area contributed by atoms with Gasteiger partial charge in [-0.15, -0.1) is 0 Å². The van der Waals surface area contributed by atoms with Crippen molar-refractivity contribution in [2.24, 2.45) is 4.99 Å². The minimum Gasteiger partial charge on any atom is -0.282 e. The summed E-state index contributed by atoms with van der Waals surface area (Å²) in [5.74, 6) is 0.244. The van der Waals surface area contributed by atoms with E-state index in [0.717, 1.165) is 22.4 Å². The number of nitrogens with one attached hydrogen (secondary N) is 1. The lowest BCUT2D eigenvalue weighted by Crippen LogP contribution is -2.03. The highest BCUT2D eigenvalue weighted by Gasteiger charge is 2.05. The van der Waals surface area contributed by atoms with Crippen molar-refractivity contribution in [3.8, 4) is 11.1 Å². The van der Waals surface area contributed by atoms with Gasteiger partial charge in [0, 0.05) is 11.1 Å². The van der Waals surface area contributed by atoms with Gasteiger partial charge in [-0.25, -0.2) is 4.99 Å². The molecule has 2 nitrogen and oxygen atoms in total. The van der Waals surface area contributed by atoms with Crippen LogP contribution in [0.3, 0.4) is 0 Å². The Kier molecular flexibility index (Phi) is 5.70. The van der Waals surface area contributed by atoms with Crippen LogP contribution in [0.2, 0.25) is 0 Å². The molecule has 0 amide bonds. The van der Waals surface area contributed by atoms with Crippen molar-refractivity contribution in [1.29, 1.82) is 5.41 Å². The van der Waals surface area contributed by atoms with Crippen LogP contribution in [-0.4, -0.2) is 11.5 Å².